The van der Waals surface area contributed by atoms with Crippen LogP contribution in [0.4, 0.5) is 10.8 Å². The maximum Gasteiger partial charge on any atom is 0.259 e. The summed E-state index contributed by atoms with van der Waals surface area (Å²) in [5.74, 6) is -0.402. The van der Waals surface area contributed by atoms with Crippen LogP contribution in [0.2, 0.25) is 10.0 Å². The summed E-state index contributed by atoms with van der Waals surface area (Å²) in [6.07, 6.45) is 0.361. The molecule has 1 aromatic heterocycles. The zero-order chi connectivity index (χ0) is 20.5. The van der Waals surface area contributed by atoms with Gasteiger partial charge in [-0.2, -0.15) is 0 Å². The number of benzene rings is 2. The first-order chi connectivity index (χ1) is 13.9. The first-order valence-corrected chi connectivity index (χ1v) is 10.5. The van der Waals surface area contributed by atoms with Gasteiger partial charge in [-0.05, 0) is 36.8 Å². The summed E-state index contributed by atoms with van der Waals surface area (Å²) in [4.78, 5) is 26.8. The molecular weight excluding hydrogens is 431 g/mol. The molecule has 1 N–H and O–H groups in total. The van der Waals surface area contributed by atoms with Gasteiger partial charge in [-0.1, -0.05) is 52.7 Å². The van der Waals surface area contributed by atoms with Crippen LogP contribution in [0, 0.1) is 6.92 Å². The molecule has 0 aliphatic carbocycles. The Bertz CT molecular complexity index is 1100. The molecule has 1 aliphatic heterocycles. The highest BCUT2D eigenvalue weighted by molar-refractivity contribution is 7.15. The second-order valence-electron chi connectivity index (χ2n) is 6.72. The molecule has 3 aromatic rings. The van der Waals surface area contributed by atoms with Gasteiger partial charge >= 0.3 is 0 Å². The monoisotopic (exact) mass is 446 g/mol. The predicted molar refractivity (Wildman–Crippen MR) is 115 cm³/mol. The van der Waals surface area contributed by atoms with E-state index in [-0.39, 0.29) is 16.8 Å². The standard InChI is InChI=1S/C20H16Cl2N4O2S/c1-11-4-2-3-5-16(11)26-10-12(8-17(26)27)19-24-25-20(29-19)23-18(28)14-7-6-13(21)9-15(14)22/h2-7,9,12H,8,10H2,1H3,(H,23,25,28). The minimum absolute atomic E-state index is 0.0537. The van der Waals surface area contributed by atoms with Crippen LogP contribution in [-0.4, -0.2) is 28.6 Å². The number of amides is 2. The minimum atomic E-state index is -0.390. The van der Waals surface area contributed by atoms with Crippen LogP contribution >= 0.6 is 34.5 Å². The van der Waals surface area contributed by atoms with Gasteiger partial charge in [0, 0.05) is 29.6 Å². The molecule has 2 heterocycles. The van der Waals surface area contributed by atoms with Crippen molar-refractivity contribution in [3.8, 4) is 0 Å². The SMILES string of the molecule is Cc1ccccc1N1CC(c2nnc(NC(=O)c3ccc(Cl)cc3Cl)s2)CC1=O. The molecular formula is C20H16Cl2N4O2S. The van der Waals surface area contributed by atoms with Gasteiger partial charge in [-0.15, -0.1) is 10.2 Å². The highest BCUT2D eigenvalue weighted by Crippen LogP contribution is 2.35. The number of nitrogens with zero attached hydrogens (tertiary/aromatic N) is 3. The molecule has 9 heteroatoms. The molecule has 1 aliphatic rings. The quantitative estimate of drug-likeness (QED) is 0.616. The molecule has 0 spiro atoms. The summed E-state index contributed by atoms with van der Waals surface area (Å²) in [5, 5.41) is 12.7. The summed E-state index contributed by atoms with van der Waals surface area (Å²) >= 11 is 13.2. The first kappa shape index (κ1) is 19.8. The fourth-order valence-corrected chi connectivity index (χ4v) is 4.58. The Morgan fingerprint density at radius 3 is 2.76 bits per heavy atom. The molecule has 2 aromatic carbocycles. The van der Waals surface area contributed by atoms with Crippen LogP contribution in [0.1, 0.15) is 33.3 Å². The number of aryl methyl sites for hydroxylation is 1. The third-order valence-corrected chi connectivity index (χ3v) is 6.27. The molecule has 0 bridgehead atoms. The predicted octanol–water partition coefficient (Wildman–Crippen LogP) is 4.93. The smallest absolute Gasteiger partial charge is 0.259 e. The van der Waals surface area contributed by atoms with Crippen LogP contribution in [-0.2, 0) is 4.79 Å². The van der Waals surface area contributed by atoms with Crippen molar-refractivity contribution in [2.75, 3.05) is 16.8 Å². The third kappa shape index (κ3) is 4.12. The first-order valence-electron chi connectivity index (χ1n) is 8.88. The Balaban J connectivity index is 1.47. The number of carbonyl (C=O) groups excluding carboxylic acids is 2. The number of nitrogens with one attached hydrogen (secondary N) is 1. The molecule has 0 radical (unpaired) electrons. The van der Waals surface area contributed by atoms with Crippen molar-refractivity contribution < 1.29 is 9.59 Å². The zero-order valence-electron chi connectivity index (χ0n) is 15.4. The summed E-state index contributed by atoms with van der Waals surface area (Å²) in [6, 6.07) is 12.4. The highest BCUT2D eigenvalue weighted by Gasteiger charge is 2.34. The summed E-state index contributed by atoms with van der Waals surface area (Å²) in [7, 11) is 0. The second kappa shape index (κ2) is 8.10. The van der Waals surface area contributed by atoms with E-state index in [1.165, 1.54) is 17.4 Å². The molecule has 1 atom stereocenters. The molecule has 29 heavy (non-hydrogen) atoms. The Morgan fingerprint density at radius 2 is 2.00 bits per heavy atom. The Morgan fingerprint density at radius 1 is 1.21 bits per heavy atom. The third-order valence-electron chi connectivity index (χ3n) is 4.72. The van der Waals surface area contributed by atoms with Gasteiger partial charge in [0.25, 0.3) is 5.91 Å². The molecule has 6 nitrogen and oxygen atoms in total. The molecule has 4 rings (SSSR count). The lowest BCUT2D eigenvalue weighted by atomic mass is 10.1. The van der Waals surface area contributed by atoms with Gasteiger partial charge in [-0.3, -0.25) is 14.9 Å². The lowest BCUT2D eigenvalue weighted by molar-refractivity contribution is -0.117. The Kier molecular flexibility index (Phi) is 5.54. The zero-order valence-corrected chi connectivity index (χ0v) is 17.7. The number of halogens is 2. The van der Waals surface area contributed by atoms with Crippen molar-refractivity contribution in [1.29, 1.82) is 0 Å². The number of para-hydroxylation sites is 1. The van der Waals surface area contributed by atoms with Crippen molar-refractivity contribution in [2.45, 2.75) is 19.3 Å². The normalized spacial score (nSPS) is 16.3. The lowest BCUT2D eigenvalue weighted by Crippen LogP contribution is -2.25. The fraction of sp³-hybridized carbons (Fsp3) is 0.200. The minimum Gasteiger partial charge on any atom is -0.311 e. The molecule has 2 amide bonds. The molecule has 1 saturated heterocycles. The number of aromatic nitrogens is 2. The van der Waals surface area contributed by atoms with Gasteiger partial charge < -0.3 is 4.90 Å². The fourth-order valence-electron chi connectivity index (χ4n) is 3.26. The van der Waals surface area contributed by atoms with Gasteiger partial charge in [0.05, 0.1) is 10.6 Å². The summed E-state index contributed by atoms with van der Waals surface area (Å²) in [6.45, 7) is 2.52. The second-order valence-corrected chi connectivity index (χ2v) is 8.57. The van der Waals surface area contributed by atoms with E-state index in [1.54, 1.807) is 17.0 Å². The van der Waals surface area contributed by atoms with Crippen molar-refractivity contribution in [3.63, 3.8) is 0 Å². The molecule has 0 saturated carbocycles. The average Bonchev–Trinajstić information content (AvgIpc) is 3.28. The van der Waals surface area contributed by atoms with E-state index >= 15 is 0 Å². The van der Waals surface area contributed by atoms with Crippen molar-refractivity contribution >= 4 is 57.2 Å². The van der Waals surface area contributed by atoms with E-state index < -0.39 is 5.91 Å². The highest BCUT2D eigenvalue weighted by atomic mass is 35.5. The molecule has 148 valence electrons. The van der Waals surface area contributed by atoms with E-state index in [4.69, 9.17) is 23.2 Å². The van der Waals surface area contributed by atoms with E-state index in [0.29, 0.717) is 33.7 Å². The number of rotatable bonds is 4. The maximum atomic E-state index is 12.5. The van der Waals surface area contributed by atoms with Crippen LogP contribution < -0.4 is 10.2 Å². The summed E-state index contributed by atoms with van der Waals surface area (Å²) in [5.41, 5.74) is 2.26. The maximum absolute atomic E-state index is 12.5. The number of anilines is 2. The molecule has 1 unspecified atom stereocenters. The van der Waals surface area contributed by atoms with Gasteiger partial charge in [0.15, 0.2) is 0 Å². The van der Waals surface area contributed by atoms with Crippen LogP contribution in [0.25, 0.3) is 0 Å². The largest absolute Gasteiger partial charge is 0.311 e. The molecule has 1 fully saturated rings. The van der Waals surface area contributed by atoms with Crippen molar-refractivity contribution in [1.82, 2.24) is 10.2 Å². The van der Waals surface area contributed by atoms with Crippen molar-refractivity contribution in [2.24, 2.45) is 0 Å². The average molecular weight is 447 g/mol. The van der Waals surface area contributed by atoms with Crippen molar-refractivity contribution in [3.05, 3.63) is 68.6 Å². The van der Waals surface area contributed by atoms with Crippen LogP contribution in [0.3, 0.4) is 0 Å². The van der Waals surface area contributed by atoms with Gasteiger partial charge in [0.2, 0.25) is 11.0 Å². The van der Waals surface area contributed by atoms with Crippen LogP contribution in [0.15, 0.2) is 42.5 Å². The van der Waals surface area contributed by atoms with Gasteiger partial charge in [0.1, 0.15) is 5.01 Å². The van der Waals surface area contributed by atoms with E-state index in [0.717, 1.165) is 11.3 Å². The number of hydrogen-bond donors (Lipinski definition) is 1. The van der Waals surface area contributed by atoms with E-state index in [2.05, 4.69) is 15.5 Å². The number of carbonyl (C=O) groups is 2. The topological polar surface area (TPSA) is 75.2 Å². The summed E-state index contributed by atoms with van der Waals surface area (Å²) < 4.78 is 0. The van der Waals surface area contributed by atoms with E-state index in [1.807, 2.05) is 31.2 Å². The lowest BCUT2D eigenvalue weighted by Gasteiger charge is -2.18. The van der Waals surface area contributed by atoms with Gasteiger partial charge in [-0.25, -0.2) is 0 Å². The van der Waals surface area contributed by atoms with E-state index in [9.17, 15) is 9.59 Å². The Labute approximate surface area is 181 Å². The Hall–Kier alpha value is -2.48. The number of hydrogen-bond acceptors (Lipinski definition) is 5. The van der Waals surface area contributed by atoms with Crippen LogP contribution in [0.5, 0.6) is 0 Å².